The predicted octanol–water partition coefficient (Wildman–Crippen LogP) is 1.15. The minimum Gasteiger partial charge on any atom is -0.469 e. The predicted molar refractivity (Wildman–Crippen MR) is 34.2 cm³/mol. The largest absolute Gasteiger partial charge is 0.469 e. The van der Waals surface area contributed by atoms with E-state index in [4.69, 9.17) is 9.57 Å². The molecule has 0 N–H and O–H groups in total. The summed E-state index contributed by atoms with van der Waals surface area (Å²) in [5, 5.41) is 3.62. The Morgan fingerprint density at radius 1 is 1.56 bits per heavy atom. The van der Waals surface area contributed by atoms with Crippen LogP contribution in [0.1, 0.15) is 20.8 Å². The molecule has 1 aliphatic heterocycles. The first-order chi connectivity index (χ1) is 4.10. The van der Waals surface area contributed by atoms with Gasteiger partial charge in [0, 0.05) is 6.92 Å². The summed E-state index contributed by atoms with van der Waals surface area (Å²) in [7, 11) is 0. The van der Waals surface area contributed by atoms with Gasteiger partial charge in [0.2, 0.25) is 5.90 Å². The molecule has 0 radical (unpaired) electrons. The van der Waals surface area contributed by atoms with Gasteiger partial charge in [-0.25, -0.2) is 0 Å². The molecule has 3 heteroatoms. The highest BCUT2D eigenvalue weighted by Crippen LogP contribution is 2.14. The second-order valence-corrected chi connectivity index (χ2v) is 2.75. The van der Waals surface area contributed by atoms with Crippen molar-refractivity contribution >= 4 is 5.90 Å². The van der Waals surface area contributed by atoms with Crippen molar-refractivity contribution in [3.63, 3.8) is 0 Å². The molecule has 0 aliphatic carbocycles. The van der Waals surface area contributed by atoms with Crippen molar-refractivity contribution in [3.8, 4) is 0 Å². The monoisotopic (exact) mass is 129 g/mol. The van der Waals surface area contributed by atoms with Crippen LogP contribution in [0.2, 0.25) is 0 Å². The van der Waals surface area contributed by atoms with E-state index in [9.17, 15) is 0 Å². The fourth-order valence-electron chi connectivity index (χ4n) is 0.727. The second-order valence-electron chi connectivity index (χ2n) is 2.75. The molecular formula is C6H11NO2. The lowest BCUT2D eigenvalue weighted by molar-refractivity contribution is -0.0442. The van der Waals surface area contributed by atoms with Gasteiger partial charge in [0.1, 0.15) is 5.60 Å². The van der Waals surface area contributed by atoms with Crippen LogP contribution < -0.4 is 0 Å². The minimum atomic E-state index is -0.203. The molecule has 1 aliphatic rings. The molecule has 0 atom stereocenters. The first kappa shape index (κ1) is 6.39. The van der Waals surface area contributed by atoms with Crippen LogP contribution in [0.5, 0.6) is 0 Å². The van der Waals surface area contributed by atoms with Crippen molar-refractivity contribution < 1.29 is 9.57 Å². The summed E-state index contributed by atoms with van der Waals surface area (Å²) in [6, 6.07) is 0. The zero-order valence-electron chi connectivity index (χ0n) is 5.97. The van der Waals surface area contributed by atoms with Crippen molar-refractivity contribution in [3.05, 3.63) is 0 Å². The normalized spacial score (nSPS) is 23.7. The lowest BCUT2D eigenvalue weighted by Crippen LogP contribution is -2.35. The Hall–Kier alpha value is -0.730. The second kappa shape index (κ2) is 1.90. The van der Waals surface area contributed by atoms with Gasteiger partial charge in [0.25, 0.3) is 0 Å². The van der Waals surface area contributed by atoms with E-state index >= 15 is 0 Å². The zero-order chi connectivity index (χ0) is 6.91. The van der Waals surface area contributed by atoms with Crippen LogP contribution in [0.15, 0.2) is 5.16 Å². The zero-order valence-corrected chi connectivity index (χ0v) is 5.97. The van der Waals surface area contributed by atoms with Gasteiger partial charge in [-0.05, 0) is 13.8 Å². The van der Waals surface area contributed by atoms with Gasteiger partial charge in [0.05, 0.1) is 0 Å². The van der Waals surface area contributed by atoms with Gasteiger partial charge >= 0.3 is 0 Å². The van der Waals surface area contributed by atoms with Gasteiger partial charge in [-0.3, -0.25) is 0 Å². The minimum absolute atomic E-state index is 0.203. The molecule has 1 heterocycles. The molecular weight excluding hydrogens is 118 g/mol. The summed E-state index contributed by atoms with van der Waals surface area (Å²) in [6.07, 6.45) is 0. The van der Waals surface area contributed by atoms with Gasteiger partial charge in [0.15, 0.2) is 6.61 Å². The van der Waals surface area contributed by atoms with Crippen LogP contribution in [0.4, 0.5) is 0 Å². The first-order valence-electron chi connectivity index (χ1n) is 2.96. The molecule has 9 heavy (non-hydrogen) atoms. The molecule has 0 spiro atoms. The van der Waals surface area contributed by atoms with Crippen LogP contribution in [-0.4, -0.2) is 18.1 Å². The van der Waals surface area contributed by atoms with E-state index in [0.717, 1.165) is 0 Å². The number of hydrogen-bond donors (Lipinski definition) is 0. The fourth-order valence-corrected chi connectivity index (χ4v) is 0.727. The average molecular weight is 129 g/mol. The van der Waals surface area contributed by atoms with Crippen LogP contribution >= 0.6 is 0 Å². The molecule has 0 amide bonds. The number of nitrogens with zero attached hydrogens (tertiary/aromatic N) is 1. The van der Waals surface area contributed by atoms with Crippen LogP contribution in [-0.2, 0) is 9.57 Å². The van der Waals surface area contributed by atoms with E-state index in [0.29, 0.717) is 12.5 Å². The van der Waals surface area contributed by atoms with E-state index in [2.05, 4.69) is 5.16 Å². The lowest BCUT2D eigenvalue weighted by atomic mass is 10.1. The number of rotatable bonds is 0. The maximum atomic E-state index is 5.30. The van der Waals surface area contributed by atoms with Crippen molar-refractivity contribution in [1.82, 2.24) is 0 Å². The quantitative estimate of drug-likeness (QED) is 0.491. The highest BCUT2D eigenvalue weighted by atomic mass is 16.7. The molecule has 0 aromatic carbocycles. The van der Waals surface area contributed by atoms with Crippen LogP contribution in [0.25, 0.3) is 0 Å². The highest BCUT2D eigenvalue weighted by Gasteiger charge is 2.24. The molecule has 0 unspecified atom stereocenters. The number of ether oxygens (including phenoxy) is 1. The van der Waals surface area contributed by atoms with Gasteiger partial charge in [-0.2, -0.15) is 0 Å². The van der Waals surface area contributed by atoms with Gasteiger partial charge in [-0.1, -0.05) is 5.16 Å². The molecule has 0 saturated heterocycles. The van der Waals surface area contributed by atoms with E-state index in [1.807, 2.05) is 13.8 Å². The Labute approximate surface area is 54.6 Å². The van der Waals surface area contributed by atoms with Gasteiger partial charge in [-0.15, -0.1) is 0 Å². The van der Waals surface area contributed by atoms with Crippen LogP contribution in [0, 0.1) is 0 Å². The molecule has 0 aromatic rings. The molecule has 3 nitrogen and oxygen atoms in total. The van der Waals surface area contributed by atoms with Crippen molar-refractivity contribution in [2.45, 2.75) is 26.4 Å². The third-order valence-corrected chi connectivity index (χ3v) is 1.03. The van der Waals surface area contributed by atoms with E-state index in [1.165, 1.54) is 0 Å². The maximum absolute atomic E-state index is 5.30. The number of hydrogen-bond acceptors (Lipinski definition) is 3. The Bertz CT molecular complexity index is 140. The Balaban J connectivity index is 2.59. The molecule has 0 bridgehead atoms. The fraction of sp³-hybridized carbons (Fsp3) is 0.833. The summed E-state index contributed by atoms with van der Waals surface area (Å²) in [5.41, 5.74) is -0.203. The SMILES string of the molecule is CC1=NOCC(C)(C)O1. The standard InChI is InChI=1S/C6H11NO2/c1-5-7-8-4-6(2,3)9-5/h4H2,1-3H3. The van der Waals surface area contributed by atoms with Crippen molar-refractivity contribution in [2.75, 3.05) is 6.61 Å². The lowest BCUT2D eigenvalue weighted by Gasteiger charge is -2.27. The Kier molecular flexibility index (Phi) is 1.35. The summed E-state index contributed by atoms with van der Waals surface area (Å²) in [5.74, 6) is 0.603. The number of oxime groups is 1. The Morgan fingerprint density at radius 3 is 2.56 bits per heavy atom. The summed E-state index contributed by atoms with van der Waals surface area (Å²) >= 11 is 0. The summed E-state index contributed by atoms with van der Waals surface area (Å²) in [4.78, 5) is 4.86. The molecule has 52 valence electrons. The third kappa shape index (κ3) is 1.59. The molecule has 0 saturated carbocycles. The topological polar surface area (TPSA) is 30.8 Å². The highest BCUT2D eigenvalue weighted by molar-refractivity contribution is 5.73. The first-order valence-corrected chi connectivity index (χ1v) is 2.96. The van der Waals surface area contributed by atoms with Crippen LogP contribution in [0.3, 0.4) is 0 Å². The molecule has 1 rings (SSSR count). The smallest absolute Gasteiger partial charge is 0.223 e. The summed E-state index contributed by atoms with van der Waals surface area (Å²) < 4.78 is 5.30. The average Bonchev–Trinajstić information content (AvgIpc) is 1.60. The third-order valence-electron chi connectivity index (χ3n) is 1.03. The molecule has 0 aromatic heterocycles. The molecule has 0 fully saturated rings. The van der Waals surface area contributed by atoms with Crippen molar-refractivity contribution in [1.29, 1.82) is 0 Å². The van der Waals surface area contributed by atoms with Gasteiger partial charge < -0.3 is 9.57 Å². The van der Waals surface area contributed by atoms with Crippen molar-refractivity contribution in [2.24, 2.45) is 5.16 Å². The van der Waals surface area contributed by atoms with E-state index in [-0.39, 0.29) is 5.60 Å². The van der Waals surface area contributed by atoms with E-state index < -0.39 is 0 Å². The Morgan fingerprint density at radius 2 is 2.22 bits per heavy atom. The van der Waals surface area contributed by atoms with E-state index in [1.54, 1.807) is 6.92 Å². The maximum Gasteiger partial charge on any atom is 0.223 e. The summed E-state index contributed by atoms with van der Waals surface area (Å²) in [6.45, 7) is 6.24.